The molecular weight excluding hydrogens is 394 g/mol. The first-order chi connectivity index (χ1) is 13.8. The minimum atomic E-state index is -0.411. The molecule has 0 aliphatic rings. The average molecular weight is 414 g/mol. The average Bonchev–Trinajstić information content (AvgIpc) is 2.68. The Bertz CT molecular complexity index is 1150. The number of halogens is 1. The summed E-state index contributed by atoms with van der Waals surface area (Å²) in [6.45, 7) is 5.61. The predicted molar refractivity (Wildman–Crippen MR) is 111 cm³/mol. The van der Waals surface area contributed by atoms with Gasteiger partial charge in [0.2, 0.25) is 11.8 Å². The summed E-state index contributed by atoms with van der Waals surface area (Å²) in [5.41, 5.74) is 1.08. The van der Waals surface area contributed by atoms with Gasteiger partial charge in [0.05, 0.1) is 36.0 Å². The molecule has 3 aromatic rings. The van der Waals surface area contributed by atoms with E-state index in [1.54, 1.807) is 18.2 Å². The number of hydrogen-bond acceptors (Lipinski definition) is 7. The molecule has 0 amide bonds. The molecule has 0 unspecified atom stereocenters. The van der Waals surface area contributed by atoms with Crippen LogP contribution in [0.2, 0.25) is 5.02 Å². The zero-order valence-corrected chi connectivity index (χ0v) is 17.2. The van der Waals surface area contributed by atoms with Gasteiger partial charge in [0, 0.05) is 17.0 Å². The Balaban J connectivity index is 1.94. The lowest BCUT2D eigenvalue weighted by atomic mass is 10.1. The number of nitrogens with zero attached hydrogens (tertiary/aromatic N) is 3. The molecule has 2 N–H and O–H groups in total. The van der Waals surface area contributed by atoms with E-state index in [1.165, 1.54) is 13.3 Å². The number of nitrogens with one attached hydrogen (secondary N) is 2. The van der Waals surface area contributed by atoms with Gasteiger partial charge in [-0.2, -0.15) is 10.2 Å². The van der Waals surface area contributed by atoms with Crippen LogP contribution in [0.15, 0.2) is 29.2 Å². The molecule has 29 heavy (non-hydrogen) atoms. The first-order valence-corrected chi connectivity index (χ1v) is 9.31. The van der Waals surface area contributed by atoms with Gasteiger partial charge in [0.15, 0.2) is 0 Å². The van der Waals surface area contributed by atoms with E-state index in [-0.39, 0.29) is 29.1 Å². The molecule has 1 atom stereocenters. The monoisotopic (exact) mass is 413 g/mol. The molecule has 1 aromatic carbocycles. The highest BCUT2D eigenvalue weighted by Crippen LogP contribution is 2.30. The lowest BCUT2D eigenvalue weighted by molar-refractivity contribution is 0.243. The Labute approximate surface area is 172 Å². The quantitative estimate of drug-likeness (QED) is 0.631. The summed E-state index contributed by atoms with van der Waals surface area (Å²) in [6, 6.07) is 6.77. The summed E-state index contributed by atoms with van der Waals surface area (Å²) in [7, 11) is 1.42. The van der Waals surface area contributed by atoms with E-state index in [9.17, 15) is 4.79 Å². The zero-order chi connectivity index (χ0) is 21.1. The van der Waals surface area contributed by atoms with Crippen LogP contribution in [0.5, 0.6) is 11.6 Å². The number of hydrogen-bond donors (Lipinski definition) is 2. The third-order valence-electron chi connectivity index (χ3n) is 4.17. The SMILES string of the molecule is COc1nc(N[C@@H](C)c2cc3cc(Cl)c(OC(C)C)cc3[nH]c2=O)ncc1C#N. The fraction of sp³-hybridized carbons (Fsp3) is 0.300. The van der Waals surface area contributed by atoms with Crippen molar-refractivity contribution in [3.63, 3.8) is 0 Å². The Morgan fingerprint density at radius 2 is 2.03 bits per heavy atom. The molecule has 2 heterocycles. The normalized spacial score (nSPS) is 11.9. The van der Waals surface area contributed by atoms with E-state index >= 15 is 0 Å². The number of ether oxygens (including phenoxy) is 2. The second-order valence-electron chi connectivity index (χ2n) is 6.68. The third kappa shape index (κ3) is 4.41. The molecule has 9 heteroatoms. The number of aromatic amines is 1. The van der Waals surface area contributed by atoms with Gasteiger partial charge >= 0.3 is 0 Å². The van der Waals surface area contributed by atoms with Crippen molar-refractivity contribution in [3.8, 4) is 17.7 Å². The van der Waals surface area contributed by atoms with Crippen LogP contribution < -0.4 is 20.3 Å². The van der Waals surface area contributed by atoms with Gasteiger partial charge in [-0.3, -0.25) is 4.79 Å². The van der Waals surface area contributed by atoms with Crippen molar-refractivity contribution < 1.29 is 9.47 Å². The minimum absolute atomic E-state index is 0.0374. The second kappa shape index (κ2) is 8.37. The van der Waals surface area contributed by atoms with Gasteiger partial charge in [-0.1, -0.05) is 11.6 Å². The van der Waals surface area contributed by atoms with Gasteiger partial charge in [0.1, 0.15) is 17.4 Å². The number of benzene rings is 1. The molecule has 0 aliphatic heterocycles. The molecule has 150 valence electrons. The molecule has 2 aromatic heterocycles. The Morgan fingerprint density at radius 1 is 1.28 bits per heavy atom. The number of pyridine rings is 1. The fourth-order valence-electron chi connectivity index (χ4n) is 2.83. The number of fused-ring (bicyclic) bond motifs is 1. The number of aromatic nitrogens is 3. The first kappa shape index (κ1) is 20.4. The number of rotatable bonds is 6. The van der Waals surface area contributed by atoms with Crippen molar-refractivity contribution in [2.24, 2.45) is 0 Å². The summed E-state index contributed by atoms with van der Waals surface area (Å²) < 4.78 is 10.8. The summed E-state index contributed by atoms with van der Waals surface area (Å²) in [5.74, 6) is 0.919. The maximum Gasteiger partial charge on any atom is 0.253 e. The van der Waals surface area contributed by atoms with Crippen LogP contribution in [0.3, 0.4) is 0 Å². The molecule has 3 rings (SSSR count). The van der Waals surface area contributed by atoms with Gasteiger partial charge in [-0.25, -0.2) is 4.98 Å². The molecule has 0 saturated carbocycles. The van der Waals surface area contributed by atoms with Crippen molar-refractivity contribution in [2.75, 3.05) is 12.4 Å². The van der Waals surface area contributed by atoms with Crippen LogP contribution in [-0.2, 0) is 0 Å². The number of anilines is 1. The molecule has 0 saturated heterocycles. The van der Waals surface area contributed by atoms with Crippen LogP contribution in [0.25, 0.3) is 10.9 Å². The summed E-state index contributed by atoms with van der Waals surface area (Å²) in [5, 5.41) is 13.3. The predicted octanol–water partition coefficient (Wildman–Crippen LogP) is 3.81. The highest BCUT2D eigenvalue weighted by atomic mass is 35.5. The first-order valence-electron chi connectivity index (χ1n) is 8.93. The molecule has 0 bridgehead atoms. The fourth-order valence-corrected chi connectivity index (χ4v) is 3.05. The smallest absolute Gasteiger partial charge is 0.253 e. The molecule has 8 nitrogen and oxygen atoms in total. The lowest BCUT2D eigenvalue weighted by Crippen LogP contribution is -2.20. The maximum absolute atomic E-state index is 12.6. The number of nitriles is 1. The molecule has 0 spiro atoms. The summed E-state index contributed by atoms with van der Waals surface area (Å²) in [6.07, 6.45) is 1.33. The highest BCUT2D eigenvalue weighted by Gasteiger charge is 2.16. The molecule has 0 aliphatic carbocycles. The Kier molecular flexibility index (Phi) is 5.89. The Hall–Kier alpha value is -3.31. The van der Waals surface area contributed by atoms with Crippen LogP contribution in [-0.4, -0.2) is 28.2 Å². The Morgan fingerprint density at radius 3 is 2.69 bits per heavy atom. The van der Waals surface area contributed by atoms with Crippen LogP contribution in [0, 0.1) is 11.3 Å². The standard InChI is InChI=1S/C20H20ClN5O3/c1-10(2)29-17-7-16-12(6-15(17)21)5-14(18(27)25-16)11(3)24-20-23-9-13(8-22)19(26-20)28-4/h5-7,9-11H,1-4H3,(H,25,27)(H,23,24,26)/t11-/m0/s1. The van der Waals surface area contributed by atoms with Crippen molar-refractivity contribution in [1.29, 1.82) is 5.26 Å². The maximum atomic E-state index is 12.6. The second-order valence-corrected chi connectivity index (χ2v) is 7.09. The van der Waals surface area contributed by atoms with Crippen molar-refractivity contribution in [3.05, 3.63) is 50.9 Å². The minimum Gasteiger partial charge on any atom is -0.489 e. The van der Waals surface area contributed by atoms with E-state index in [1.807, 2.05) is 26.8 Å². The highest BCUT2D eigenvalue weighted by molar-refractivity contribution is 6.32. The van der Waals surface area contributed by atoms with Gasteiger partial charge < -0.3 is 19.8 Å². The molecular formula is C20H20ClN5O3. The third-order valence-corrected chi connectivity index (χ3v) is 4.46. The van der Waals surface area contributed by atoms with Crippen molar-refractivity contribution in [1.82, 2.24) is 15.0 Å². The van der Waals surface area contributed by atoms with E-state index in [4.69, 9.17) is 26.3 Å². The zero-order valence-electron chi connectivity index (χ0n) is 16.4. The van der Waals surface area contributed by atoms with Crippen LogP contribution >= 0.6 is 11.6 Å². The van der Waals surface area contributed by atoms with Gasteiger partial charge in [0.25, 0.3) is 5.56 Å². The largest absolute Gasteiger partial charge is 0.489 e. The van der Waals surface area contributed by atoms with E-state index in [0.29, 0.717) is 21.9 Å². The van der Waals surface area contributed by atoms with E-state index < -0.39 is 6.04 Å². The van der Waals surface area contributed by atoms with Crippen LogP contribution in [0.1, 0.15) is 37.9 Å². The lowest BCUT2D eigenvalue weighted by Gasteiger charge is -2.16. The number of H-pyrrole nitrogens is 1. The van der Waals surface area contributed by atoms with Gasteiger partial charge in [-0.05, 0) is 32.9 Å². The molecule has 0 radical (unpaired) electrons. The van der Waals surface area contributed by atoms with E-state index in [0.717, 1.165) is 5.39 Å². The van der Waals surface area contributed by atoms with Gasteiger partial charge in [-0.15, -0.1) is 0 Å². The number of methoxy groups -OCH3 is 1. The van der Waals surface area contributed by atoms with Crippen molar-refractivity contribution in [2.45, 2.75) is 32.9 Å². The topological polar surface area (TPSA) is 113 Å². The van der Waals surface area contributed by atoms with Crippen molar-refractivity contribution >= 4 is 28.5 Å². The van der Waals surface area contributed by atoms with E-state index in [2.05, 4.69) is 20.3 Å². The van der Waals surface area contributed by atoms with Crippen LogP contribution in [0.4, 0.5) is 5.95 Å². The summed E-state index contributed by atoms with van der Waals surface area (Å²) in [4.78, 5) is 23.7. The summed E-state index contributed by atoms with van der Waals surface area (Å²) >= 11 is 6.32. The molecule has 0 fully saturated rings.